The van der Waals surface area contributed by atoms with Crippen molar-refractivity contribution in [2.45, 2.75) is 0 Å². The van der Waals surface area contributed by atoms with Gasteiger partial charge in [-0.1, -0.05) is 23.7 Å². The Morgan fingerprint density at radius 3 is 2.61 bits per heavy atom. The van der Waals surface area contributed by atoms with Crippen molar-refractivity contribution < 1.29 is 4.79 Å². The molecule has 3 N–H and O–H groups in total. The van der Waals surface area contributed by atoms with Crippen LogP contribution >= 0.6 is 11.6 Å². The Balaban J connectivity index is 1.42. The van der Waals surface area contributed by atoms with Crippen molar-refractivity contribution in [1.82, 2.24) is 30.0 Å². The van der Waals surface area contributed by atoms with Crippen molar-refractivity contribution in [2.24, 2.45) is 0 Å². The fourth-order valence-electron chi connectivity index (χ4n) is 3.54. The molecule has 3 aromatic heterocycles. The highest BCUT2D eigenvalue weighted by atomic mass is 35.5. The first kappa shape index (κ1) is 20.7. The van der Waals surface area contributed by atoms with Crippen LogP contribution in [0.3, 0.4) is 0 Å². The van der Waals surface area contributed by atoms with Crippen LogP contribution in [0.1, 0.15) is 10.5 Å². The minimum absolute atomic E-state index is 0.106. The normalized spacial score (nSPS) is 11.0. The number of fused-ring (bicyclic) bond motifs is 1. The van der Waals surface area contributed by atoms with Crippen LogP contribution in [0.4, 0.5) is 11.5 Å². The highest BCUT2D eigenvalue weighted by Crippen LogP contribution is 2.31. The molecule has 5 rings (SSSR count). The smallest absolute Gasteiger partial charge is 0.269 e. The molecule has 0 saturated carbocycles. The molecule has 1 amide bonds. The molecule has 33 heavy (non-hydrogen) atoms. The summed E-state index contributed by atoms with van der Waals surface area (Å²) in [7, 11) is 3.42. The highest BCUT2D eigenvalue weighted by molar-refractivity contribution is 6.34. The largest absolute Gasteiger partial charge is 0.351 e. The number of halogens is 1. The Bertz CT molecular complexity index is 1440. The Morgan fingerprint density at radius 2 is 1.88 bits per heavy atom. The first-order valence-electron chi connectivity index (χ1n) is 10.2. The summed E-state index contributed by atoms with van der Waals surface area (Å²) < 4.78 is 0. The minimum Gasteiger partial charge on any atom is -0.351 e. The quantitative estimate of drug-likeness (QED) is 0.340. The summed E-state index contributed by atoms with van der Waals surface area (Å²) >= 11 is 6.55. The summed E-state index contributed by atoms with van der Waals surface area (Å²) in [6.45, 7) is 0. The summed E-state index contributed by atoms with van der Waals surface area (Å²) in [5.41, 5.74) is 4.94. The van der Waals surface area contributed by atoms with Gasteiger partial charge in [-0.15, -0.1) is 0 Å². The first-order valence-corrected chi connectivity index (χ1v) is 10.6. The molecule has 0 aliphatic rings. The molecule has 0 saturated heterocycles. The van der Waals surface area contributed by atoms with Crippen LogP contribution in [-0.4, -0.2) is 50.1 Å². The summed E-state index contributed by atoms with van der Waals surface area (Å²) in [5.74, 6) is 1.02. The number of H-pyrrole nitrogens is 2. The fourth-order valence-corrected chi connectivity index (χ4v) is 3.80. The number of hydrogen-bond acceptors (Lipinski definition) is 5. The van der Waals surface area contributed by atoms with E-state index in [0.29, 0.717) is 27.9 Å². The van der Waals surface area contributed by atoms with Crippen LogP contribution in [0, 0.1) is 0 Å². The maximum absolute atomic E-state index is 12.3. The number of nitrogens with zero attached hydrogens (tertiary/aromatic N) is 4. The Labute approximate surface area is 194 Å². The van der Waals surface area contributed by atoms with E-state index in [1.54, 1.807) is 38.6 Å². The van der Waals surface area contributed by atoms with Gasteiger partial charge in [0.05, 0.1) is 11.2 Å². The number of amides is 1. The van der Waals surface area contributed by atoms with E-state index in [9.17, 15) is 4.79 Å². The second-order valence-corrected chi connectivity index (χ2v) is 8.16. The molecule has 0 atom stereocenters. The van der Waals surface area contributed by atoms with Crippen molar-refractivity contribution in [3.63, 3.8) is 0 Å². The topological polar surface area (TPSA) is 103 Å². The van der Waals surface area contributed by atoms with Crippen LogP contribution in [0.25, 0.3) is 33.4 Å². The first-order chi connectivity index (χ1) is 16.0. The van der Waals surface area contributed by atoms with Gasteiger partial charge in [0.1, 0.15) is 11.5 Å². The fraction of sp³-hybridized carbons (Fsp3) is 0.0833. The SMILES string of the molecule is CN(C)C(=O)c1cc2cc(Cl)c(-c3nccc(Nc4ccc(-c5cn[nH]c5)cc4)n3)cc2[nH]1. The molecular formula is C24H20ClN7O. The second-order valence-electron chi connectivity index (χ2n) is 7.76. The van der Waals surface area contributed by atoms with E-state index in [0.717, 1.165) is 27.7 Å². The van der Waals surface area contributed by atoms with Gasteiger partial charge in [0.2, 0.25) is 0 Å². The van der Waals surface area contributed by atoms with Gasteiger partial charge in [0.15, 0.2) is 5.82 Å². The van der Waals surface area contributed by atoms with E-state index >= 15 is 0 Å². The van der Waals surface area contributed by atoms with Crippen molar-refractivity contribution in [3.8, 4) is 22.5 Å². The summed E-state index contributed by atoms with van der Waals surface area (Å²) in [6, 6.07) is 15.2. The molecule has 8 nitrogen and oxygen atoms in total. The number of carbonyl (C=O) groups excluding carboxylic acids is 1. The van der Waals surface area contributed by atoms with Crippen molar-refractivity contribution in [2.75, 3.05) is 19.4 Å². The van der Waals surface area contributed by atoms with E-state index in [-0.39, 0.29) is 5.91 Å². The molecule has 5 aromatic rings. The minimum atomic E-state index is -0.106. The van der Waals surface area contributed by atoms with Gasteiger partial charge < -0.3 is 15.2 Å². The molecular weight excluding hydrogens is 438 g/mol. The Morgan fingerprint density at radius 1 is 1.06 bits per heavy atom. The Kier molecular flexibility index (Phi) is 5.27. The maximum Gasteiger partial charge on any atom is 0.269 e. The van der Waals surface area contributed by atoms with Gasteiger partial charge in [-0.3, -0.25) is 9.89 Å². The monoisotopic (exact) mass is 457 g/mol. The molecule has 0 radical (unpaired) electrons. The number of hydrogen-bond donors (Lipinski definition) is 3. The van der Waals surface area contributed by atoms with E-state index in [4.69, 9.17) is 11.6 Å². The number of nitrogens with one attached hydrogen (secondary N) is 3. The van der Waals surface area contributed by atoms with Crippen molar-refractivity contribution >= 4 is 39.9 Å². The Hall–Kier alpha value is -4.17. The average Bonchev–Trinajstić information content (AvgIpc) is 3.48. The van der Waals surface area contributed by atoms with Gasteiger partial charge >= 0.3 is 0 Å². The number of aromatic nitrogens is 5. The predicted molar refractivity (Wildman–Crippen MR) is 130 cm³/mol. The predicted octanol–water partition coefficient (Wildman–Crippen LogP) is 5.11. The van der Waals surface area contributed by atoms with Gasteiger partial charge in [0.25, 0.3) is 5.91 Å². The van der Waals surface area contributed by atoms with Crippen LogP contribution in [0.15, 0.2) is 67.1 Å². The van der Waals surface area contributed by atoms with Gasteiger partial charge in [-0.05, 0) is 42.0 Å². The lowest BCUT2D eigenvalue weighted by Gasteiger charge is -2.09. The third-order valence-corrected chi connectivity index (χ3v) is 5.54. The third kappa shape index (κ3) is 4.16. The molecule has 0 spiro atoms. The molecule has 3 heterocycles. The van der Waals surface area contributed by atoms with Crippen LogP contribution < -0.4 is 5.32 Å². The molecule has 164 valence electrons. The molecule has 0 fully saturated rings. The van der Waals surface area contributed by atoms with Crippen LogP contribution in [-0.2, 0) is 0 Å². The summed E-state index contributed by atoms with van der Waals surface area (Å²) in [5, 5.41) is 11.5. The van der Waals surface area contributed by atoms with Gasteiger partial charge in [-0.25, -0.2) is 9.97 Å². The molecule has 0 unspecified atom stereocenters. The lowest BCUT2D eigenvalue weighted by molar-refractivity contribution is 0.0823. The van der Waals surface area contributed by atoms with Gasteiger partial charge in [-0.2, -0.15) is 5.10 Å². The van der Waals surface area contributed by atoms with Gasteiger partial charge in [0, 0.05) is 54.2 Å². The number of carbonyl (C=O) groups is 1. The van der Waals surface area contributed by atoms with E-state index in [1.807, 2.05) is 42.6 Å². The zero-order valence-electron chi connectivity index (χ0n) is 17.9. The summed E-state index contributed by atoms with van der Waals surface area (Å²) in [4.78, 5) is 26.0. The lowest BCUT2D eigenvalue weighted by atomic mass is 10.1. The van der Waals surface area contributed by atoms with Crippen LogP contribution in [0.2, 0.25) is 5.02 Å². The molecule has 0 aliphatic carbocycles. The van der Waals surface area contributed by atoms with E-state index < -0.39 is 0 Å². The van der Waals surface area contributed by atoms with Crippen molar-refractivity contribution in [1.29, 1.82) is 0 Å². The second kappa shape index (κ2) is 8.40. The third-order valence-electron chi connectivity index (χ3n) is 5.23. The molecule has 0 aliphatic heterocycles. The number of benzene rings is 2. The van der Waals surface area contributed by atoms with E-state index in [2.05, 4.69) is 30.5 Å². The standard InChI is InChI=1S/C24H20ClN7O/c1-32(2)24(33)21-10-15-9-19(25)18(11-20(15)30-21)23-26-8-7-22(31-23)29-17-5-3-14(4-6-17)16-12-27-28-13-16/h3-13,30H,1-2H3,(H,27,28)(H,26,29,31). The maximum atomic E-state index is 12.3. The molecule has 2 aromatic carbocycles. The molecule has 0 bridgehead atoms. The van der Waals surface area contributed by atoms with E-state index in [1.165, 1.54) is 4.90 Å². The number of aromatic amines is 2. The van der Waals surface area contributed by atoms with Crippen molar-refractivity contribution in [3.05, 3.63) is 77.8 Å². The zero-order chi connectivity index (χ0) is 22.9. The highest BCUT2D eigenvalue weighted by Gasteiger charge is 2.15. The number of rotatable bonds is 5. The summed E-state index contributed by atoms with van der Waals surface area (Å²) in [6.07, 6.45) is 5.31. The molecule has 9 heteroatoms. The zero-order valence-corrected chi connectivity index (χ0v) is 18.7. The lowest BCUT2D eigenvalue weighted by Crippen LogP contribution is -2.21. The number of anilines is 2. The van der Waals surface area contributed by atoms with Crippen LogP contribution in [0.5, 0.6) is 0 Å². The average molecular weight is 458 g/mol.